The molecular formula is C25H30N4O5. The van der Waals surface area contributed by atoms with Crippen molar-refractivity contribution in [3.63, 3.8) is 0 Å². The summed E-state index contributed by atoms with van der Waals surface area (Å²) in [6.07, 6.45) is 2.38. The highest BCUT2D eigenvalue weighted by Crippen LogP contribution is 2.33. The normalized spacial score (nSPS) is 10.6. The van der Waals surface area contributed by atoms with E-state index in [0.29, 0.717) is 47.9 Å². The van der Waals surface area contributed by atoms with Gasteiger partial charge in [0.25, 0.3) is 5.91 Å². The highest BCUT2D eigenvalue weighted by atomic mass is 16.5. The van der Waals surface area contributed by atoms with Gasteiger partial charge in [-0.05, 0) is 36.8 Å². The number of nitrogens with zero attached hydrogens (tertiary/aromatic N) is 3. The number of hydrogen-bond donors (Lipinski definition) is 1. The lowest BCUT2D eigenvalue weighted by Crippen LogP contribution is -2.38. The van der Waals surface area contributed by atoms with Gasteiger partial charge in [-0.3, -0.25) is 9.59 Å². The van der Waals surface area contributed by atoms with Gasteiger partial charge in [0.2, 0.25) is 5.91 Å². The van der Waals surface area contributed by atoms with Gasteiger partial charge in [-0.25, -0.2) is 4.68 Å². The average Bonchev–Trinajstić information content (AvgIpc) is 3.31. The van der Waals surface area contributed by atoms with Crippen molar-refractivity contribution < 1.29 is 23.8 Å². The second-order valence-corrected chi connectivity index (χ2v) is 7.60. The molecule has 2 aromatic carbocycles. The van der Waals surface area contributed by atoms with Crippen LogP contribution in [0.2, 0.25) is 0 Å². The summed E-state index contributed by atoms with van der Waals surface area (Å²) in [5.41, 5.74) is 2.34. The summed E-state index contributed by atoms with van der Waals surface area (Å²) < 4.78 is 17.4. The van der Waals surface area contributed by atoms with E-state index in [1.807, 2.05) is 36.4 Å². The molecular weight excluding hydrogens is 436 g/mol. The van der Waals surface area contributed by atoms with Crippen molar-refractivity contribution in [3.05, 3.63) is 60.3 Å². The molecule has 0 fully saturated rings. The minimum absolute atomic E-state index is 0.0757. The van der Waals surface area contributed by atoms with Gasteiger partial charge >= 0.3 is 0 Å². The molecule has 34 heavy (non-hydrogen) atoms. The zero-order valence-corrected chi connectivity index (χ0v) is 19.9. The number of aromatic nitrogens is 2. The van der Waals surface area contributed by atoms with Crippen molar-refractivity contribution in [2.45, 2.75) is 6.42 Å². The highest BCUT2D eigenvalue weighted by molar-refractivity contribution is 6.01. The van der Waals surface area contributed by atoms with Crippen LogP contribution in [0, 0.1) is 0 Å². The lowest BCUT2D eigenvalue weighted by Gasteiger charge is -2.17. The Morgan fingerprint density at radius 3 is 2.44 bits per heavy atom. The third-order valence-electron chi connectivity index (χ3n) is 5.20. The van der Waals surface area contributed by atoms with Crippen LogP contribution in [0.1, 0.15) is 16.8 Å². The molecule has 9 nitrogen and oxygen atoms in total. The van der Waals surface area contributed by atoms with Crippen molar-refractivity contribution >= 4 is 11.8 Å². The van der Waals surface area contributed by atoms with Crippen LogP contribution in [-0.4, -0.2) is 74.6 Å². The number of amides is 2. The molecule has 0 saturated carbocycles. The topological polar surface area (TPSA) is 94.9 Å². The summed E-state index contributed by atoms with van der Waals surface area (Å²) in [6, 6.07) is 14.9. The van der Waals surface area contributed by atoms with Gasteiger partial charge < -0.3 is 24.4 Å². The van der Waals surface area contributed by atoms with E-state index in [9.17, 15) is 9.59 Å². The Balaban J connectivity index is 1.91. The maximum absolute atomic E-state index is 13.4. The summed E-state index contributed by atoms with van der Waals surface area (Å²) in [5.74, 6) is 0.536. The zero-order chi connectivity index (χ0) is 24.5. The van der Waals surface area contributed by atoms with E-state index in [2.05, 4.69) is 5.32 Å². The molecule has 0 atom stereocenters. The number of carbonyl (C=O) groups is 2. The SMILES string of the molecule is COCCCNC(=O)CN(C)C(=O)c1cn(-c2ccccc2)nc1-c1ccc(OC)c(OC)c1. The molecule has 1 heterocycles. The van der Waals surface area contributed by atoms with E-state index >= 15 is 0 Å². The minimum Gasteiger partial charge on any atom is -0.493 e. The number of carbonyl (C=O) groups excluding carboxylic acids is 2. The molecule has 180 valence electrons. The summed E-state index contributed by atoms with van der Waals surface area (Å²) in [6.45, 7) is 0.966. The fourth-order valence-corrected chi connectivity index (χ4v) is 3.43. The minimum atomic E-state index is -0.320. The fraction of sp³-hybridized carbons (Fsp3) is 0.320. The van der Waals surface area contributed by atoms with Crippen molar-refractivity contribution in [3.8, 4) is 28.4 Å². The number of benzene rings is 2. The van der Waals surface area contributed by atoms with Crippen LogP contribution in [0.3, 0.4) is 0 Å². The molecule has 0 spiro atoms. The number of likely N-dealkylation sites (N-methyl/N-ethyl adjacent to an activating group) is 1. The van der Waals surface area contributed by atoms with E-state index in [1.54, 1.807) is 51.4 Å². The highest BCUT2D eigenvalue weighted by Gasteiger charge is 2.23. The molecule has 0 aliphatic rings. The maximum Gasteiger partial charge on any atom is 0.257 e. The molecule has 0 radical (unpaired) electrons. The summed E-state index contributed by atoms with van der Waals surface area (Å²) in [5, 5.41) is 7.49. The van der Waals surface area contributed by atoms with Gasteiger partial charge in [0.05, 0.1) is 32.0 Å². The first-order valence-electron chi connectivity index (χ1n) is 10.9. The molecule has 2 amide bonds. The van der Waals surface area contributed by atoms with Crippen LogP contribution in [0.25, 0.3) is 16.9 Å². The van der Waals surface area contributed by atoms with Crippen LogP contribution in [0.15, 0.2) is 54.7 Å². The molecule has 0 saturated heterocycles. The Labute approximate surface area is 199 Å². The second-order valence-electron chi connectivity index (χ2n) is 7.60. The van der Waals surface area contributed by atoms with Gasteiger partial charge in [-0.2, -0.15) is 5.10 Å². The summed E-state index contributed by atoms with van der Waals surface area (Å²) >= 11 is 0. The van der Waals surface area contributed by atoms with Crippen molar-refractivity contribution in [1.82, 2.24) is 20.0 Å². The van der Waals surface area contributed by atoms with E-state index in [4.69, 9.17) is 19.3 Å². The van der Waals surface area contributed by atoms with Crippen LogP contribution in [-0.2, 0) is 9.53 Å². The van der Waals surface area contributed by atoms with Crippen molar-refractivity contribution in [2.75, 3.05) is 48.1 Å². The number of rotatable bonds is 11. The first kappa shape index (κ1) is 24.8. The van der Waals surface area contributed by atoms with E-state index in [1.165, 1.54) is 4.90 Å². The van der Waals surface area contributed by atoms with Gasteiger partial charge in [0.1, 0.15) is 5.69 Å². The predicted octanol–water partition coefficient (Wildman–Crippen LogP) is 2.78. The molecule has 0 unspecified atom stereocenters. The first-order valence-corrected chi connectivity index (χ1v) is 10.9. The Kier molecular flexibility index (Phi) is 8.64. The Morgan fingerprint density at radius 2 is 1.76 bits per heavy atom. The lowest BCUT2D eigenvalue weighted by molar-refractivity contribution is -0.121. The maximum atomic E-state index is 13.4. The van der Waals surface area contributed by atoms with E-state index in [0.717, 1.165) is 5.69 Å². The van der Waals surface area contributed by atoms with Crippen molar-refractivity contribution in [1.29, 1.82) is 0 Å². The number of ether oxygens (including phenoxy) is 3. The second kappa shape index (κ2) is 11.9. The van der Waals surface area contributed by atoms with Gasteiger partial charge in [-0.15, -0.1) is 0 Å². The van der Waals surface area contributed by atoms with E-state index in [-0.39, 0.29) is 18.4 Å². The Morgan fingerprint density at radius 1 is 1.03 bits per heavy atom. The van der Waals surface area contributed by atoms with Crippen LogP contribution < -0.4 is 14.8 Å². The largest absolute Gasteiger partial charge is 0.493 e. The quantitative estimate of drug-likeness (QED) is 0.437. The molecule has 0 aliphatic heterocycles. The average molecular weight is 467 g/mol. The third kappa shape index (κ3) is 5.93. The summed E-state index contributed by atoms with van der Waals surface area (Å²) in [7, 11) is 6.32. The van der Waals surface area contributed by atoms with Crippen LogP contribution >= 0.6 is 0 Å². The summed E-state index contributed by atoms with van der Waals surface area (Å²) in [4.78, 5) is 27.1. The Bertz CT molecular complexity index is 1110. The monoisotopic (exact) mass is 466 g/mol. The Hall–Kier alpha value is -3.85. The number of para-hydroxylation sites is 1. The molecule has 3 rings (SSSR count). The third-order valence-corrected chi connectivity index (χ3v) is 5.20. The number of methoxy groups -OCH3 is 3. The zero-order valence-electron chi connectivity index (χ0n) is 19.9. The van der Waals surface area contributed by atoms with Gasteiger partial charge in [0.15, 0.2) is 11.5 Å². The van der Waals surface area contributed by atoms with Gasteiger partial charge in [-0.1, -0.05) is 18.2 Å². The lowest BCUT2D eigenvalue weighted by atomic mass is 10.1. The fourth-order valence-electron chi connectivity index (χ4n) is 3.43. The number of nitrogens with one attached hydrogen (secondary N) is 1. The van der Waals surface area contributed by atoms with Crippen molar-refractivity contribution in [2.24, 2.45) is 0 Å². The molecule has 3 aromatic rings. The molecule has 0 aliphatic carbocycles. The first-order chi connectivity index (χ1) is 16.5. The molecule has 0 bridgehead atoms. The number of hydrogen-bond acceptors (Lipinski definition) is 6. The standard InChI is InChI=1S/C25H30N4O5/c1-28(17-23(30)26-13-8-14-32-2)25(31)20-16-29(19-9-6-5-7-10-19)27-24(20)18-11-12-21(33-3)22(15-18)34-4/h5-7,9-12,15-16H,8,13-14,17H2,1-4H3,(H,26,30). The molecule has 1 N–H and O–H groups in total. The predicted molar refractivity (Wildman–Crippen MR) is 129 cm³/mol. The van der Waals surface area contributed by atoms with Crippen LogP contribution in [0.5, 0.6) is 11.5 Å². The molecule has 1 aromatic heterocycles. The van der Waals surface area contributed by atoms with Crippen LogP contribution in [0.4, 0.5) is 0 Å². The van der Waals surface area contributed by atoms with E-state index < -0.39 is 0 Å². The van der Waals surface area contributed by atoms with Gasteiger partial charge in [0, 0.05) is 39.1 Å². The molecule has 9 heteroatoms. The smallest absolute Gasteiger partial charge is 0.257 e.